The molecule has 2 rings (SSSR count). The van der Waals surface area contributed by atoms with Gasteiger partial charge in [-0.05, 0) is 13.0 Å². The maximum Gasteiger partial charge on any atom is 0.103 e. The van der Waals surface area contributed by atoms with Crippen LogP contribution in [0.3, 0.4) is 0 Å². The molecule has 0 aromatic carbocycles. The topological polar surface area (TPSA) is 31.9 Å². The molecule has 0 radical (unpaired) electrons. The lowest BCUT2D eigenvalue weighted by Gasteiger charge is -2.16. The lowest BCUT2D eigenvalue weighted by Crippen LogP contribution is -2.14. The maximum atomic E-state index is 4.32. The first kappa shape index (κ1) is 6.46. The highest BCUT2D eigenvalue weighted by Gasteiger charge is 2.10. The van der Waals surface area contributed by atoms with Crippen LogP contribution in [0, 0.1) is 6.92 Å². The zero-order valence-corrected chi connectivity index (χ0v) is 6.76. The summed E-state index contributed by atoms with van der Waals surface area (Å²) < 4.78 is 0. The predicted octanol–water partition coefficient (Wildman–Crippen LogP) is 1.13. The Labute approximate surface area is 65.7 Å². The van der Waals surface area contributed by atoms with Crippen molar-refractivity contribution < 1.29 is 0 Å². The summed E-state index contributed by atoms with van der Waals surface area (Å²) in [6.45, 7) is 2.92. The molecule has 0 bridgehead atoms. The van der Waals surface area contributed by atoms with E-state index in [2.05, 4.69) is 21.9 Å². The van der Waals surface area contributed by atoms with E-state index in [4.69, 9.17) is 0 Å². The van der Waals surface area contributed by atoms with Gasteiger partial charge in [0.05, 0.1) is 17.9 Å². The highest BCUT2D eigenvalue weighted by atomic mass is 15.1. The van der Waals surface area contributed by atoms with Crippen molar-refractivity contribution in [3.05, 3.63) is 23.4 Å². The molecule has 1 aliphatic heterocycles. The molecule has 0 fully saturated rings. The van der Waals surface area contributed by atoms with E-state index in [1.54, 1.807) is 0 Å². The average molecular weight is 149 g/mol. The number of hydrogen-bond acceptors (Lipinski definition) is 2. The highest BCUT2D eigenvalue weighted by molar-refractivity contribution is 5.49. The van der Waals surface area contributed by atoms with Crippen molar-refractivity contribution in [1.82, 2.24) is 14.9 Å². The zero-order valence-electron chi connectivity index (χ0n) is 6.76. The molecule has 2 heterocycles. The second kappa shape index (κ2) is 2.12. The van der Waals surface area contributed by atoms with Gasteiger partial charge in [0.25, 0.3) is 0 Å². The lowest BCUT2D eigenvalue weighted by atomic mass is 10.2. The first-order valence-corrected chi connectivity index (χ1v) is 3.69. The number of nitrogens with zero attached hydrogens (tertiary/aromatic N) is 2. The average Bonchev–Trinajstić information content (AvgIpc) is 2.27. The molecule has 11 heavy (non-hydrogen) atoms. The number of aromatic nitrogens is 2. The first-order valence-electron chi connectivity index (χ1n) is 3.69. The van der Waals surface area contributed by atoms with Crippen LogP contribution in [0.25, 0.3) is 6.08 Å². The molecule has 1 aromatic heterocycles. The Morgan fingerprint density at radius 2 is 2.45 bits per heavy atom. The minimum Gasteiger partial charge on any atom is -0.374 e. The molecule has 0 saturated heterocycles. The number of nitrogens with one attached hydrogen (secondary N) is 1. The predicted molar refractivity (Wildman–Crippen MR) is 43.8 cm³/mol. The number of fused-ring (bicyclic) bond motifs is 1. The summed E-state index contributed by atoms with van der Waals surface area (Å²) in [5, 5.41) is 0. The Balaban J connectivity index is 2.44. The van der Waals surface area contributed by atoms with Gasteiger partial charge >= 0.3 is 0 Å². The Hall–Kier alpha value is -1.25. The van der Waals surface area contributed by atoms with Gasteiger partial charge in [-0.2, -0.15) is 0 Å². The molecule has 1 aromatic rings. The minimum atomic E-state index is 0.937. The van der Waals surface area contributed by atoms with Crippen molar-refractivity contribution in [2.45, 2.75) is 13.5 Å². The van der Waals surface area contributed by atoms with E-state index in [0.717, 1.165) is 18.1 Å². The van der Waals surface area contributed by atoms with Crippen molar-refractivity contribution >= 4 is 6.08 Å². The SMILES string of the molecule is Cc1nc2c([nH]1)CN(C)C=C2. The van der Waals surface area contributed by atoms with Crippen molar-refractivity contribution in [1.29, 1.82) is 0 Å². The first-order chi connectivity index (χ1) is 5.25. The molecule has 0 unspecified atom stereocenters. The van der Waals surface area contributed by atoms with Crippen LogP contribution in [0.2, 0.25) is 0 Å². The summed E-state index contributed by atoms with van der Waals surface area (Å²) in [7, 11) is 2.05. The molecule has 3 heteroatoms. The molecule has 0 atom stereocenters. The number of H-pyrrole nitrogens is 1. The Kier molecular flexibility index (Phi) is 1.24. The summed E-state index contributed by atoms with van der Waals surface area (Å²) in [6.07, 6.45) is 4.07. The highest BCUT2D eigenvalue weighted by Crippen LogP contribution is 2.15. The fraction of sp³-hybridized carbons (Fsp3) is 0.375. The number of imidazole rings is 1. The molecule has 1 N–H and O–H groups in total. The monoisotopic (exact) mass is 149 g/mol. The Morgan fingerprint density at radius 1 is 1.64 bits per heavy atom. The molecule has 3 nitrogen and oxygen atoms in total. The third-order valence-electron chi connectivity index (χ3n) is 1.82. The van der Waals surface area contributed by atoms with Crippen LogP contribution in [-0.2, 0) is 6.54 Å². The standard InChI is InChI=1S/C8H11N3/c1-6-9-7-3-4-11(2)5-8(7)10-6/h3-4H,5H2,1-2H3,(H,9,10). The van der Waals surface area contributed by atoms with E-state index >= 15 is 0 Å². The van der Waals surface area contributed by atoms with E-state index in [1.165, 1.54) is 5.69 Å². The molecule has 58 valence electrons. The molecule has 0 saturated carbocycles. The fourth-order valence-corrected chi connectivity index (χ4v) is 1.32. The summed E-state index contributed by atoms with van der Waals surface area (Å²) in [5.74, 6) is 0.995. The van der Waals surface area contributed by atoms with Gasteiger partial charge in [-0.3, -0.25) is 0 Å². The maximum absolute atomic E-state index is 4.32. The summed E-state index contributed by atoms with van der Waals surface area (Å²) in [4.78, 5) is 9.66. The molecular formula is C8H11N3. The second-order valence-corrected chi connectivity index (χ2v) is 2.92. The number of rotatable bonds is 0. The van der Waals surface area contributed by atoms with Gasteiger partial charge in [0, 0.05) is 13.2 Å². The molecule has 0 spiro atoms. The fourth-order valence-electron chi connectivity index (χ4n) is 1.32. The van der Waals surface area contributed by atoms with Crippen LogP contribution in [0.15, 0.2) is 6.20 Å². The van der Waals surface area contributed by atoms with E-state index in [-0.39, 0.29) is 0 Å². The number of aryl methyl sites for hydroxylation is 1. The van der Waals surface area contributed by atoms with Gasteiger partial charge < -0.3 is 9.88 Å². The lowest BCUT2D eigenvalue weighted by molar-refractivity contribution is 0.441. The van der Waals surface area contributed by atoms with E-state index in [1.807, 2.05) is 19.2 Å². The normalized spacial score (nSPS) is 15.3. The van der Waals surface area contributed by atoms with Crippen LogP contribution in [0.1, 0.15) is 17.2 Å². The number of aromatic amines is 1. The second-order valence-electron chi connectivity index (χ2n) is 2.92. The minimum absolute atomic E-state index is 0.937. The molecule has 1 aliphatic rings. The third kappa shape index (κ3) is 1.02. The van der Waals surface area contributed by atoms with E-state index < -0.39 is 0 Å². The smallest absolute Gasteiger partial charge is 0.103 e. The third-order valence-corrected chi connectivity index (χ3v) is 1.82. The van der Waals surface area contributed by atoms with Gasteiger partial charge in [0.2, 0.25) is 0 Å². The van der Waals surface area contributed by atoms with Crippen molar-refractivity contribution in [2.75, 3.05) is 7.05 Å². The molecular weight excluding hydrogens is 138 g/mol. The zero-order chi connectivity index (χ0) is 7.84. The van der Waals surface area contributed by atoms with E-state index in [0.29, 0.717) is 0 Å². The van der Waals surface area contributed by atoms with Crippen molar-refractivity contribution in [2.24, 2.45) is 0 Å². The van der Waals surface area contributed by atoms with Crippen LogP contribution in [0.5, 0.6) is 0 Å². The van der Waals surface area contributed by atoms with Crippen molar-refractivity contribution in [3.8, 4) is 0 Å². The van der Waals surface area contributed by atoms with Crippen LogP contribution >= 0.6 is 0 Å². The summed E-state index contributed by atoms with van der Waals surface area (Å²) >= 11 is 0. The van der Waals surface area contributed by atoms with Gasteiger partial charge in [-0.1, -0.05) is 0 Å². The quantitative estimate of drug-likeness (QED) is 0.599. The summed E-state index contributed by atoms with van der Waals surface area (Å²) in [5.41, 5.74) is 2.30. The Morgan fingerprint density at radius 3 is 3.27 bits per heavy atom. The molecule has 0 aliphatic carbocycles. The molecule has 0 amide bonds. The van der Waals surface area contributed by atoms with Crippen LogP contribution in [0.4, 0.5) is 0 Å². The largest absolute Gasteiger partial charge is 0.374 e. The van der Waals surface area contributed by atoms with Crippen LogP contribution < -0.4 is 0 Å². The summed E-state index contributed by atoms with van der Waals surface area (Å²) in [6, 6.07) is 0. The number of hydrogen-bond donors (Lipinski definition) is 1. The van der Waals surface area contributed by atoms with Gasteiger partial charge in [0.1, 0.15) is 5.82 Å². The van der Waals surface area contributed by atoms with Crippen molar-refractivity contribution in [3.63, 3.8) is 0 Å². The van der Waals surface area contributed by atoms with Crippen LogP contribution in [-0.4, -0.2) is 21.9 Å². The van der Waals surface area contributed by atoms with E-state index in [9.17, 15) is 0 Å². The Bertz CT molecular complexity index is 298. The van der Waals surface area contributed by atoms with Gasteiger partial charge in [0.15, 0.2) is 0 Å². The van der Waals surface area contributed by atoms with Gasteiger partial charge in [-0.25, -0.2) is 4.98 Å². The van der Waals surface area contributed by atoms with Gasteiger partial charge in [-0.15, -0.1) is 0 Å².